The maximum Gasteiger partial charge on any atom is 0.244 e. The molecule has 0 saturated heterocycles. The quantitative estimate of drug-likeness (QED) is 0.819. The van der Waals surface area contributed by atoms with Crippen LogP contribution in [0, 0.1) is 0 Å². The molecule has 1 aliphatic rings. The fourth-order valence-electron chi connectivity index (χ4n) is 1.66. The lowest BCUT2D eigenvalue weighted by atomic mass is 10.4. The highest BCUT2D eigenvalue weighted by atomic mass is 32.2. The highest BCUT2D eigenvalue weighted by Crippen LogP contribution is 2.20. The van der Waals surface area contributed by atoms with Crippen molar-refractivity contribution >= 4 is 10.0 Å². The Kier molecular flexibility index (Phi) is 3.79. The molecule has 0 unspecified atom stereocenters. The minimum absolute atomic E-state index is 0.0436. The molecule has 18 heavy (non-hydrogen) atoms. The predicted molar refractivity (Wildman–Crippen MR) is 70.7 cm³/mol. The van der Waals surface area contributed by atoms with E-state index in [1.807, 2.05) is 13.8 Å². The van der Waals surface area contributed by atoms with Gasteiger partial charge in [0.05, 0.1) is 4.90 Å². The van der Waals surface area contributed by atoms with E-state index < -0.39 is 10.0 Å². The Morgan fingerprint density at radius 2 is 2.17 bits per heavy atom. The van der Waals surface area contributed by atoms with Crippen LogP contribution < -0.4 is 5.32 Å². The fourth-order valence-corrected chi connectivity index (χ4v) is 3.04. The van der Waals surface area contributed by atoms with Gasteiger partial charge in [0.25, 0.3) is 0 Å². The first-order valence-electron chi connectivity index (χ1n) is 6.30. The van der Waals surface area contributed by atoms with E-state index >= 15 is 0 Å². The van der Waals surface area contributed by atoms with E-state index in [4.69, 9.17) is 0 Å². The molecule has 2 N–H and O–H groups in total. The van der Waals surface area contributed by atoms with Gasteiger partial charge in [0.1, 0.15) is 0 Å². The van der Waals surface area contributed by atoms with E-state index in [0.717, 1.165) is 5.69 Å². The third-order valence-corrected chi connectivity index (χ3v) is 5.29. The van der Waals surface area contributed by atoms with Gasteiger partial charge in [0.15, 0.2) is 0 Å². The number of sulfonamides is 1. The lowest BCUT2D eigenvalue weighted by Gasteiger charge is -2.19. The van der Waals surface area contributed by atoms with Gasteiger partial charge < -0.3 is 10.3 Å². The second kappa shape index (κ2) is 5.03. The molecule has 2 rings (SSSR count). The number of hydrogen-bond acceptors (Lipinski definition) is 3. The first kappa shape index (κ1) is 13.6. The molecule has 0 spiro atoms. The molecule has 1 heterocycles. The van der Waals surface area contributed by atoms with Gasteiger partial charge in [-0.15, -0.1) is 0 Å². The van der Waals surface area contributed by atoms with Crippen LogP contribution in [0.5, 0.6) is 0 Å². The summed E-state index contributed by atoms with van der Waals surface area (Å²) in [5.74, 6) is 0. The normalized spacial score (nSPS) is 16.7. The molecule has 1 aliphatic carbocycles. The van der Waals surface area contributed by atoms with E-state index in [1.165, 1.54) is 17.1 Å². The summed E-state index contributed by atoms with van der Waals surface area (Å²) in [7, 11) is -1.76. The zero-order valence-electron chi connectivity index (χ0n) is 11.1. The summed E-state index contributed by atoms with van der Waals surface area (Å²) in [5, 5.41) is 3.35. The average molecular weight is 271 g/mol. The Hall–Kier alpha value is -0.850. The minimum Gasteiger partial charge on any atom is -0.363 e. The Labute approximate surface area is 109 Å². The van der Waals surface area contributed by atoms with Crippen molar-refractivity contribution in [1.29, 1.82) is 0 Å². The van der Waals surface area contributed by atoms with E-state index in [2.05, 4.69) is 10.3 Å². The van der Waals surface area contributed by atoms with Crippen molar-refractivity contribution in [3.8, 4) is 0 Å². The molecule has 0 bridgehead atoms. The van der Waals surface area contributed by atoms with Crippen LogP contribution in [0.2, 0.25) is 0 Å². The fraction of sp³-hybridized carbons (Fsp3) is 0.667. The highest BCUT2D eigenvalue weighted by molar-refractivity contribution is 7.89. The summed E-state index contributed by atoms with van der Waals surface area (Å²) in [4.78, 5) is 3.36. The zero-order valence-corrected chi connectivity index (χ0v) is 11.9. The molecule has 6 heteroatoms. The molecule has 102 valence electrons. The number of H-pyrrole nitrogens is 1. The van der Waals surface area contributed by atoms with E-state index in [9.17, 15) is 8.42 Å². The van der Waals surface area contributed by atoms with Crippen LogP contribution in [0.1, 0.15) is 32.4 Å². The first-order chi connectivity index (χ1) is 8.41. The summed E-state index contributed by atoms with van der Waals surface area (Å²) in [6.07, 6.45) is 4.02. The third kappa shape index (κ3) is 2.93. The maximum absolute atomic E-state index is 12.2. The van der Waals surface area contributed by atoms with E-state index in [1.54, 1.807) is 19.3 Å². The summed E-state index contributed by atoms with van der Waals surface area (Å²) in [6.45, 7) is 4.42. The van der Waals surface area contributed by atoms with Crippen molar-refractivity contribution in [2.45, 2.75) is 50.2 Å². The highest BCUT2D eigenvalue weighted by Gasteiger charge is 2.25. The van der Waals surface area contributed by atoms with Gasteiger partial charge in [-0.3, -0.25) is 0 Å². The lowest BCUT2D eigenvalue weighted by Crippen LogP contribution is -2.32. The van der Waals surface area contributed by atoms with Crippen LogP contribution in [0.25, 0.3) is 0 Å². The monoisotopic (exact) mass is 271 g/mol. The molecular weight excluding hydrogens is 250 g/mol. The van der Waals surface area contributed by atoms with Crippen molar-refractivity contribution in [3.05, 3.63) is 18.0 Å². The largest absolute Gasteiger partial charge is 0.363 e. The van der Waals surface area contributed by atoms with Crippen molar-refractivity contribution in [1.82, 2.24) is 14.6 Å². The Morgan fingerprint density at radius 3 is 2.72 bits per heavy atom. The smallest absolute Gasteiger partial charge is 0.244 e. The van der Waals surface area contributed by atoms with Crippen LogP contribution in [-0.4, -0.2) is 36.8 Å². The second-order valence-electron chi connectivity index (χ2n) is 5.13. The third-order valence-electron chi connectivity index (χ3n) is 3.28. The number of aromatic amines is 1. The zero-order chi connectivity index (χ0) is 13.3. The van der Waals surface area contributed by atoms with Crippen molar-refractivity contribution in [2.24, 2.45) is 0 Å². The van der Waals surface area contributed by atoms with Gasteiger partial charge in [-0.2, -0.15) is 4.31 Å². The van der Waals surface area contributed by atoms with Gasteiger partial charge in [0, 0.05) is 37.6 Å². The van der Waals surface area contributed by atoms with Crippen molar-refractivity contribution in [2.75, 3.05) is 7.05 Å². The van der Waals surface area contributed by atoms with Crippen molar-refractivity contribution in [3.63, 3.8) is 0 Å². The summed E-state index contributed by atoms with van der Waals surface area (Å²) in [5.41, 5.74) is 0.914. The SMILES string of the molecule is CC(C)N(C)S(=O)(=O)c1c[nH]c(CNC2CC2)c1. The van der Waals surface area contributed by atoms with Crippen LogP contribution in [0.4, 0.5) is 0 Å². The molecule has 0 radical (unpaired) electrons. The molecule has 0 atom stereocenters. The molecule has 1 aromatic rings. The second-order valence-corrected chi connectivity index (χ2v) is 7.13. The van der Waals surface area contributed by atoms with Crippen LogP contribution in [-0.2, 0) is 16.6 Å². The first-order valence-corrected chi connectivity index (χ1v) is 7.74. The average Bonchev–Trinajstić information content (AvgIpc) is 3.01. The number of aromatic nitrogens is 1. The Morgan fingerprint density at radius 1 is 1.50 bits per heavy atom. The van der Waals surface area contributed by atoms with Crippen LogP contribution in [0.3, 0.4) is 0 Å². The van der Waals surface area contributed by atoms with Gasteiger partial charge in [-0.1, -0.05) is 0 Å². The number of rotatable bonds is 6. The molecule has 1 saturated carbocycles. The van der Waals surface area contributed by atoms with Gasteiger partial charge >= 0.3 is 0 Å². The molecular formula is C12H21N3O2S. The Bertz CT molecular complexity index is 503. The summed E-state index contributed by atoms with van der Waals surface area (Å²) in [6, 6.07) is 2.29. The predicted octanol–water partition coefficient (Wildman–Crippen LogP) is 1.30. The number of nitrogens with one attached hydrogen (secondary N) is 2. The molecule has 5 nitrogen and oxygen atoms in total. The molecule has 0 aromatic carbocycles. The van der Waals surface area contributed by atoms with Crippen LogP contribution >= 0.6 is 0 Å². The molecule has 1 aromatic heterocycles. The number of nitrogens with zero attached hydrogens (tertiary/aromatic N) is 1. The molecule has 0 aliphatic heterocycles. The van der Waals surface area contributed by atoms with Gasteiger partial charge in [-0.25, -0.2) is 8.42 Å². The minimum atomic E-state index is -3.37. The van der Waals surface area contributed by atoms with Gasteiger partial charge in [-0.05, 0) is 32.8 Å². The maximum atomic E-state index is 12.2. The van der Waals surface area contributed by atoms with Gasteiger partial charge in [0.2, 0.25) is 10.0 Å². The standard InChI is InChI=1S/C12H21N3O2S/c1-9(2)15(3)18(16,17)12-6-11(14-8-12)7-13-10-4-5-10/h6,8-10,13-14H,4-5,7H2,1-3H3. The van der Waals surface area contributed by atoms with Crippen molar-refractivity contribution < 1.29 is 8.42 Å². The Balaban J connectivity index is 2.07. The summed E-state index contributed by atoms with van der Waals surface area (Å²) >= 11 is 0. The lowest BCUT2D eigenvalue weighted by molar-refractivity contribution is 0.410. The van der Waals surface area contributed by atoms with Crippen LogP contribution in [0.15, 0.2) is 17.2 Å². The molecule has 1 fully saturated rings. The summed E-state index contributed by atoms with van der Waals surface area (Å²) < 4.78 is 25.8. The topological polar surface area (TPSA) is 65.2 Å². The van der Waals surface area contributed by atoms with E-state index in [0.29, 0.717) is 17.5 Å². The van der Waals surface area contributed by atoms with E-state index in [-0.39, 0.29) is 6.04 Å². The number of hydrogen-bond donors (Lipinski definition) is 2. The molecule has 0 amide bonds.